The van der Waals surface area contributed by atoms with E-state index in [2.05, 4.69) is 0 Å². The van der Waals surface area contributed by atoms with Gasteiger partial charge in [-0.25, -0.2) is 9.18 Å². The molecule has 2 N–H and O–H groups in total. The maximum absolute atomic E-state index is 15.7. The number of carbonyl (C=O) groups is 1. The molecule has 1 aromatic heterocycles. The first-order valence-electron chi connectivity index (χ1n) is 12.1. The van der Waals surface area contributed by atoms with Crippen molar-refractivity contribution in [3.63, 3.8) is 0 Å². The summed E-state index contributed by atoms with van der Waals surface area (Å²) in [5.74, 6) is -3.17. The van der Waals surface area contributed by atoms with Crippen LogP contribution in [0.2, 0.25) is 0 Å². The molecule has 178 valence electrons. The summed E-state index contributed by atoms with van der Waals surface area (Å²) in [5, 5.41) is 9.18. The zero-order valence-electron chi connectivity index (χ0n) is 20.4. The van der Waals surface area contributed by atoms with Gasteiger partial charge >= 0.3 is 16.3 Å². The second-order valence-corrected chi connectivity index (χ2v) is 10.2. The Morgan fingerprint density at radius 2 is 2.06 bits per heavy atom. The summed E-state index contributed by atoms with van der Waals surface area (Å²) >= 11 is 0. The molecule has 1 saturated carbocycles. The van der Waals surface area contributed by atoms with Gasteiger partial charge in [0.15, 0.2) is 11.6 Å². The zero-order valence-corrected chi connectivity index (χ0v) is 18.2. The molecule has 0 unspecified atom stereocenters. The van der Waals surface area contributed by atoms with Crippen molar-refractivity contribution in [3.8, 4) is 5.75 Å². The number of carboxylic acid groups (broad SMARTS) is 1. The number of ether oxygens (including phenoxy) is 1. The largest absolute Gasteiger partial charge is 0.492 e. The molecule has 0 bridgehead atoms. The summed E-state index contributed by atoms with van der Waals surface area (Å²) in [5.41, 5.74) is -1.82. The molecular formula is C21H24FN3O7S. The fourth-order valence-electron chi connectivity index (χ4n) is 5.24. The Hall–Kier alpha value is -2.70. The topological polar surface area (TPSA) is 129 Å². The number of pyridine rings is 1. The molecule has 1 aliphatic carbocycles. The van der Waals surface area contributed by atoms with Crippen LogP contribution in [0, 0.1) is 11.7 Å². The van der Waals surface area contributed by atoms with E-state index >= 15 is 4.39 Å². The standard InChI is InChI=1S/C21H24FN3O7S/c1-32-20-17-13(19(26)14(21(27)28)9-24(17)12-4-5-12)7-15(22)18(20)23-8-11-3-2-6-25(16(11)10-23)33(29,30)31/h7,9,11-12,16H,2-6,8,10H2,1H3,(H,27,28)(H,29,30,31)/t11-,16+/m0/s1/i1+1D3. The lowest BCUT2D eigenvalue weighted by Crippen LogP contribution is -2.48. The maximum Gasteiger partial charge on any atom is 0.341 e. The van der Waals surface area contributed by atoms with Crippen molar-refractivity contribution >= 4 is 32.9 Å². The van der Waals surface area contributed by atoms with Gasteiger partial charge in [0.2, 0.25) is 5.43 Å². The number of rotatable bonds is 5. The van der Waals surface area contributed by atoms with E-state index in [1.54, 1.807) is 0 Å². The Bertz CT molecular complexity index is 1420. The molecule has 0 radical (unpaired) electrons. The number of fused-ring (bicyclic) bond motifs is 2. The van der Waals surface area contributed by atoms with Gasteiger partial charge in [0, 0.05) is 37.9 Å². The van der Waals surface area contributed by atoms with Gasteiger partial charge in [-0.1, -0.05) is 0 Å². The monoisotopic (exact) mass is 485 g/mol. The van der Waals surface area contributed by atoms with Gasteiger partial charge in [0.05, 0.1) is 22.1 Å². The minimum Gasteiger partial charge on any atom is -0.492 e. The van der Waals surface area contributed by atoms with E-state index in [0.29, 0.717) is 25.7 Å². The second kappa shape index (κ2) is 7.67. The number of halogens is 1. The van der Waals surface area contributed by atoms with Crippen LogP contribution in [-0.2, 0) is 10.3 Å². The molecule has 33 heavy (non-hydrogen) atoms. The van der Waals surface area contributed by atoms with Crippen molar-refractivity contribution in [3.05, 3.63) is 33.9 Å². The maximum atomic E-state index is 15.7. The molecule has 5 rings (SSSR count). The highest BCUT2D eigenvalue weighted by Gasteiger charge is 2.45. The molecule has 2 aliphatic heterocycles. The molecule has 0 amide bonds. The minimum absolute atomic E-state index is 0.0264. The van der Waals surface area contributed by atoms with E-state index < -0.39 is 51.9 Å². The van der Waals surface area contributed by atoms with Crippen molar-refractivity contribution in [1.29, 1.82) is 0 Å². The van der Waals surface area contributed by atoms with E-state index in [-0.39, 0.29) is 48.2 Å². The highest BCUT2D eigenvalue weighted by molar-refractivity contribution is 7.83. The van der Waals surface area contributed by atoms with E-state index in [4.69, 9.17) is 8.85 Å². The van der Waals surface area contributed by atoms with Gasteiger partial charge in [-0.3, -0.25) is 9.35 Å². The molecule has 10 nitrogen and oxygen atoms in total. The average molecular weight is 486 g/mol. The Balaban J connectivity index is 1.73. The predicted octanol–water partition coefficient (Wildman–Crippen LogP) is 1.89. The normalized spacial score (nSPS) is 25.4. The van der Waals surface area contributed by atoms with E-state index in [9.17, 15) is 27.7 Å². The third kappa shape index (κ3) is 3.56. The number of hydrogen-bond donors (Lipinski definition) is 2. The van der Waals surface area contributed by atoms with Crippen molar-refractivity contribution in [2.24, 2.45) is 5.92 Å². The highest BCUT2D eigenvalue weighted by atomic mass is 32.2. The Labute approximate surface area is 193 Å². The quantitative estimate of drug-likeness (QED) is 0.485. The average Bonchev–Trinajstić information content (AvgIpc) is 3.50. The minimum atomic E-state index is -4.51. The molecule has 3 aliphatic rings. The number of aromatic nitrogens is 1. The van der Waals surface area contributed by atoms with Crippen LogP contribution in [0.25, 0.3) is 10.9 Å². The lowest BCUT2D eigenvalue weighted by molar-refractivity contribution is 0.0694. The summed E-state index contributed by atoms with van der Waals surface area (Å²) in [7, 11) is -7.54. The van der Waals surface area contributed by atoms with Crippen LogP contribution in [0.4, 0.5) is 10.1 Å². The van der Waals surface area contributed by atoms with Crippen molar-refractivity contribution in [2.45, 2.75) is 37.8 Å². The number of carboxylic acids is 1. The number of benzene rings is 1. The summed E-state index contributed by atoms with van der Waals surface area (Å²) in [6.07, 6.45) is 3.53. The van der Waals surface area contributed by atoms with Crippen molar-refractivity contribution in [2.75, 3.05) is 31.6 Å². The molecule has 3 heterocycles. The van der Waals surface area contributed by atoms with Gasteiger partial charge in [0.1, 0.15) is 11.3 Å². The van der Waals surface area contributed by atoms with E-state index in [0.717, 1.165) is 16.6 Å². The predicted molar refractivity (Wildman–Crippen MR) is 117 cm³/mol. The van der Waals surface area contributed by atoms with Crippen molar-refractivity contribution in [1.82, 2.24) is 8.87 Å². The summed E-state index contributed by atoms with van der Waals surface area (Å²) < 4.78 is 80.0. The molecule has 2 aromatic rings. The fourth-order valence-corrected chi connectivity index (χ4v) is 6.18. The third-order valence-electron chi connectivity index (χ3n) is 6.81. The number of piperidine rings is 1. The molecule has 12 heteroatoms. The van der Waals surface area contributed by atoms with Gasteiger partial charge in [0.25, 0.3) is 0 Å². The van der Waals surface area contributed by atoms with Gasteiger partial charge in [-0.2, -0.15) is 12.7 Å². The second-order valence-electron chi connectivity index (χ2n) is 8.81. The number of aromatic carboxylic acids is 1. The van der Waals surface area contributed by atoms with Crippen LogP contribution in [0.15, 0.2) is 17.1 Å². The first-order valence-corrected chi connectivity index (χ1v) is 12.0. The molecule has 1 aromatic carbocycles. The van der Waals surface area contributed by atoms with Gasteiger partial charge < -0.3 is 19.3 Å². The molecular weight excluding hydrogens is 458 g/mol. The number of nitrogens with zero attached hydrogens (tertiary/aromatic N) is 3. The van der Waals surface area contributed by atoms with E-state index in [1.165, 1.54) is 9.47 Å². The molecule has 0 spiro atoms. The number of methoxy groups -OCH3 is 1. The first-order chi connectivity index (χ1) is 16.8. The number of anilines is 1. The SMILES string of the molecule is [2H][13C]([2H])([2H])Oc1c(N2C[C@@H]3CCCN(S(=O)(=O)O)[C@@H]3C2)c(F)cc2c(=O)c(C(=O)O)cn(C3CC3)c12. The molecule has 3 fully saturated rings. The van der Waals surface area contributed by atoms with E-state index in [1.807, 2.05) is 0 Å². The molecule has 2 saturated heterocycles. The van der Waals surface area contributed by atoms with Crippen LogP contribution < -0.4 is 15.1 Å². The Kier molecular flexibility index (Phi) is 4.35. The fraction of sp³-hybridized carbons (Fsp3) is 0.524. The summed E-state index contributed by atoms with van der Waals surface area (Å²) in [6.45, 7) is 0.230. The number of hydrogen-bond acceptors (Lipinski definition) is 6. The Morgan fingerprint density at radius 3 is 2.70 bits per heavy atom. The van der Waals surface area contributed by atoms with Crippen LogP contribution in [0.5, 0.6) is 5.75 Å². The van der Waals surface area contributed by atoms with Crippen LogP contribution >= 0.6 is 0 Å². The summed E-state index contributed by atoms with van der Waals surface area (Å²) in [6, 6.07) is -0.00291. The zero-order chi connectivity index (χ0) is 26.2. The lowest BCUT2D eigenvalue weighted by atomic mass is 9.94. The lowest BCUT2D eigenvalue weighted by Gasteiger charge is -2.33. The van der Waals surface area contributed by atoms with Crippen LogP contribution in [0.3, 0.4) is 0 Å². The highest BCUT2D eigenvalue weighted by Crippen LogP contribution is 2.45. The van der Waals surface area contributed by atoms with Gasteiger partial charge in [-0.15, -0.1) is 0 Å². The van der Waals surface area contributed by atoms with Crippen molar-refractivity contribution < 1.29 is 36.1 Å². The first kappa shape index (κ1) is 18.7. The Morgan fingerprint density at radius 1 is 1.30 bits per heavy atom. The third-order valence-corrected chi connectivity index (χ3v) is 7.86. The molecule has 2 atom stereocenters. The van der Waals surface area contributed by atoms with Crippen LogP contribution in [0.1, 0.15) is 46.2 Å². The smallest absolute Gasteiger partial charge is 0.341 e. The summed E-state index contributed by atoms with van der Waals surface area (Å²) in [4.78, 5) is 26.1. The van der Waals surface area contributed by atoms with Crippen LogP contribution in [-0.4, -0.2) is 65.6 Å². The van der Waals surface area contributed by atoms with Gasteiger partial charge in [-0.05, 0) is 37.7 Å².